The minimum absolute atomic E-state index is 0.00478. The zero-order valence-electron chi connectivity index (χ0n) is 31.6. The molecule has 0 radical (unpaired) electrons. The number of phenolic OH excluding ortho intramolecular Hbond substituents is 1. The number of phenols is 1. The fourth-order valence-electron chi connectivity index (χ4n) is 6.87. The number of carbonyl (C=O) groups excluding carboxylic acids is 3. The van der Waals surface area contributed by atoms with Crippen LogP contribution in [0.1, 0.15) is 71.4 Å². The number of nitrogens with zero attached hydrogens (tertiary/aromatic N) is 1. The fourth-order valence-corrected chi connectivity index (χ4v) is 8.56. The van der Waals surface area contributed by atoms with Crippen molar-refractivity contribution in [1.82, 2.24) is 15.6 Å². The van der Waals surface area contributed by atoms with Crippen molar-refractivity contribution in [1.29, 1.82) is 0 Å². The highest BCUT2D eigenvalue weighted by Crippen LogP contribution is 2.38. The number of aromatic nitrogens is 1. The average Bonchev–Trinajstić information content (AvgIpc) is 3.19. The number of ether oxygens (including phenoxy) is 2. The fraction of sp³-hybridized carbons (Fsp3) is 0.317. The first-order valence-corrected chi connectivity index (χ1v) is 20.1. The Hall–Kier alpha value is -5.97. The van der Waals surface area contributed by atoms with Gasteiger partial charge < -0.3 is 46.7 Å². The number of aliphatic hydroxyl groups is 1. The first-order valence-electron chi connectivity index (χ1n) is 18.6. The number of rotatable bonds is 17. The van der Waals surface area contributed by atoms with Crippen LogP contribution < -0.4 is 47.0 Å². The molecule has 1 aliphatic heterocycles. The Bertz CT molecular complexity index is 2420. The number of nitrogens with one attached hydrogen (secondary N) is 4. The van der Waals surface area contributed by atoms with Gasteiger partial charge in [-0.3, -0.25) is 19.4 Å². The Morgan fingerprint density at radius 1 is 1.07 bits per heavy atom. The average molecular weight is 799 g/mol. The minimum atomic E-state index is -4.00. The van der Waals surface area contributed by atoms with E-state index in [1.807, 2.05) is 0 Å². The highest BCUT2D eigenvalue weighted by atomic mass is 32.2. The molecule has 300 valence electrons. The number of amides is 3. The van der Waals surface area contributed by atoms with Crippen LogP contribution in [0.25, 0.3) is 11.6 Å². The van der Waals surface area contributed by atoms with E-state index in [0.29, 0.717) is 69.8 Å². The number of nitrogens with two attached hydrogens (primary N) is 1. The van der Waals surface area contributed by atoms with E-state index in [0.717, 1.165) is 19.3 Å². The number of primary amides is 1. The molecule has 0 saturated heterocycles. The van der Waals surface area contributed by atoms with Gasteiger partial charge in [0.05, 0.1) is 45.6 Å². The normalized spacial score (nSPS) is 15.2. The highest BCUT2D eigenvalue weighted by molar-refractivity contribution is 7.92. The quantitative estimate of drug-likeness (QED) is 0.0765. The molecule has 16 heteroatoms. The van der Waals surface area contributed by atoms with Crippen molar-refractivity contribution in [2.24, 2.45) is 5.73 Å². The number of pyridine rings is 1. The van der Waals surface area contributed by atoms with Gasteiger partial charge >= 0.3 is 0 Å². The Balaban J connectivity index is 1.02. The highest BCUT2D eigenvalue weighted by Gasteiger charge is 2.30. The van der Waals surface area contributed by atoms with E-state index in [-0.39, 0.29) is 53.2 Å². The lowest BCUT2D eigenvalue weighted by Crippen LogP contribution is -2.41. The van der Waals surface area contributed by atoms with Gasteiger partial charge in [0.15, 0.2) is 16.4 Å². The topological polar surface area (TPSA) is 231 Å². The van der Waals surface area contributed by atoms with E-state index in [9.17, 15) is 33.0 Å². The van der Waals surface area contributed by atoms with Gasteiger partial charge in [-0.1, -0.05) is 31.1 Å². The second-order valence-corrected chi connectivity index (χ2v) is 16.1. The smallest absolute Gasteiger partial charge is 0.262 e. The predicted octanol–water partition coefficient (Wildman–Crippen LogP) is 2.78. The van der Waals surface area contributed by atoms with Crippen LogP contribution in [0, 0.1) is 0 Å². The molecule has 8 N–H and O–H groups in total. The summed E-state index contributed by atoms with van der Waals surface area (Å²) in [6.45, 7) is 2.89. The molecule has 15 nitrogen and oxygen atoms in total. The minimum Gasteiger partial charge on any atom is -0.508 e. The number of anilines is 3. The number of carbonyl (C=O) groups is 3. The summed E-state index contributed by atoms with van der Waals surface area (Å²) in [5, 5.41) is 32.6. The summed E-state index contributed by atoms with van der Waals surface area (Å²) in [7, 11) is -2.46. The van der Waals surface area contributed by atoms with E-state index in [1.165, 1.54) is 37.6 Å². The SMILES string of the molecule is COc1cccc(Nc2c(C(N)=O)cnc3c2=CC(S(=O)(=O)c2cccc(C(=O)NCCCCCCNC[C@H](O)c4cc(O)cc5c4OCC(=O)N5)c2)CC=3C)c1. The summed E-state index contributed by atoms with van der Waals surface area (Å²) < 4.78 is 39.0. The molecule has 0 fully saturated rings. The van der Waals surface area contributed by atoms with Crippen molar-refractivity contribution in [3.05, 3.63) is 94.1 Å². The summed E-state index contributed by atoms with van der Waals surface area (Å²) in [6.07, 6.45) is 5.42. The monoisotopic (exact) mass is 798 g/mol. The first kappa shape index (κ1) is 40.7. The second kappa shape index (κ2) is 17.9. The number of hydrogen-bond acceptors (Lipinski definition) is 12. The van der Waals surface area contributed by atoms with Gasteiger partial charge in [-0.05, 0) is 74.7 Å². The van der Waals surface area contributed by atoms with Crippen molar-refractivity contribution in [2.45, 2.75) is 55.3 Å². The maximum atomic E-state index is 14.1. The van der Waals surface area contributed by atoms with Crippen molar-refractivity contribution in [3.8, 4) is 17.2 Å². The Labute approximate surface area is 329 Å². The molecule has 57 heavy (non-hydrogen) atoms. The van der Waals surface area contributed by atoms with Crippen LogP contribution in [0.5, 0.6) is 17.2 Å². The molecule has 2 aliphatic rings. The third-order valence-electron chi connectivity index (χ3n) is 9.80. The van der Waals surface area contributed by atoms with Gasteiger partial charge in [-0.2, -0.15) is 0 Å². The molecule has 1 aromatic heterocycles. The molecular formula is C41H46N6O9S. The van der Waals surface area contributed by atoms with Crippen molar-refractivity contribution < 1.29 is 42.5 Å². The number of aliphatic hydroxyl groups excluding tert-OH is 1. The van der Waals surface area contributed by atoms with Crippen LogP contribution in [-0.4, -0.2) is 79.9 Å². The molecule has 0 saturated carbocycles. The predicted molar refractivity (Wildman–Crippen MR) is 215 cm³/mol. The summed E-state index contributed by atoms with van der Waals surface area (Å²) in [5.41, 5.74) is 8.39. The largest absolute Gasteiger partial charge is 0.508 e. The number of sulfone groups is 1. The standard InChI is InChI=1S/C41H46N6O9S/c1-24-15-30(20-32-37(24)45-21-33(40(42)51)38(32)46-26-10-8-11-28(17-26)55-2)57(53,54)29-12-7-9-25(16-29)41(52)44-14-6-4-3-5-13-43-22-35(49)31-18-27(48)19-34-39(31)56-23-36(50)47-34/h7-12,16-21,30,35,43,46,48-49H,3-6,13-15,22-23H2,1-2H3,(H2,42,51)(H,44,52)(H,47,50)/t30?,35-/m0/s1. The van der Waals surface area contributed by atoms with Crippen LogP contribution >= 0.6 is 0 Å². The van der Waals surface area contributed by atoms with Crippen LogP contribution in [0.15, 0.2) is 71.8 Å². The van der Waals surface area contributed by atoms with Gasteiger partial charge in [0.2, 0.25) is 0 Å². The Morgan fingerprint density at radius 2 is 1.84 bits per heavy atom. The summed E-state index contributed by atoms with van der Waals surface area (Å²) in [6, 6.07) is 15.8. The maximum absolute atomic E-state index is 14.1. The van der Waals surface area contributed by atoms with Gasteiger partial charge in [-0.25, -0.2) is 8.42 Å². The molecule has 1 unspecified atom stereocenters. The van der Waals surface area contributed by atoms with Crippen LogP contribution in [0.3, 0.4) is 0 Å². The van der Waals surface area contributed by atoms with Crippen LogP contribution in [-0.2, 0) is 14.6 Å². The Kier molecular flexibility index (Phi) is 12.8. The van der Waals surface area contributed by atoms with E-state index in [4.69, 9.17) is 15.2 Å². The molecule has 0 bridgehead atoms. The van der Waals surface area contributed by atoms with E-state index >= 15 is 0 Å². The third kappa shape index (κ3) is 9.53. The molecule has 3 aromatic carbocycles. The summed E-state index contributed by atoms with van der Waals surface area (Å²) in [5.74, 6) is -0.619. The van der Waals surface area contributed by atoms with E-state index in [2.05, 4.69) is 26.3 Å². The molecule has 3 amide bonds. The maximum Gasteiger partial charge on any atom is 0.262 e. The second-order valence-electron chi connectivity index (χ2n) is 13.9. The zero-order chi connectivity index (χ0) is 40.7. The van der Waals surface area contributed by atoms with Gasteiger partial charge in [-0.15, -0.1) is 0 Å². The van der Waals surface area contributed by atoms with E-state index in [1.54, 1.807) is 49.4 Å². The lowest BCUT2D eigenvalue weighted by atomic mass is 10.0. The number of hydrogen-bond donors (Lipinski definition) is 7. The number of benzene rings is 3. The summed E-state index contributed by atoms with van der Waals surface area (Å²) >= 11 is 0. The molecule has 4 aromatic rings. The lowest BCUT2D eigenvalue weighted by molar-refractivity contribution is -0.118. The van der Waals surface area contributed by atoms with Crippen molar-refractivity contribution in [2.75, 3.05) is 44.0 Å². The summed E-state index contributed by atoms with van der Waals surface area (Å²) in [4.78, 5) is 41.7. The molecular weight excluding hydrogens is 753 g/mol. The van der Waals surface area contributed by atoms with Crippen LogP contribution in [0.2, 0.25) is 0 Å². The van der Waals surface area contributed by atoms with Gasteiger partial charge in [0, 0.05) is 53.5 Å². The third-order valence-corrected chi connectivity index (χ3v) is 11.8. The van der Waals surface area contributed by atoms with E-state index < -0.39 is 27.1 Å². The van der Waals surface area contributed by atoms with Crippen molar-refractivity contribution >= 4 is 56.3 Å². The molecule has 1 aliphatic carbocycles. The number of unbranched alkanes of at least 4 members (excludes halogenated alkanes) is 3. The first-order chi connectivity index (χ1) is 27.3. The Morgan fingerprint density at radius 3 is 2.61 bits per heavy atom. The molecule has 2 heterocycles. The van der Waals surface area contributed by atoms with Crippen LogP contribution in [0.4, 0.5) is 17.1 Å². The van der Waals surface area contributed by atoms with Crippen molar-refractivity contribution in [3.63, 3.8) is 0 Å². The van der Waals surface area contributed by atoms with Gasteiger partial charge in [0.1, 0.15) is 17.2 Å². The molecule has 0 spiro atoms. The van der Waals surface area contributed by atoms with Gasteiger partial charge in [0.25, 0.3) is 17.7 Å². The number of fused-ring (bicyclic) bond motifs is 2. The lowest BCUT2D eigenvalue weighted by Gasteiger charge is -2.23. The number of methoxy groups -OCH3 is 1. The molecule has 6 rings (SSSR count). The zero-order valence-corrected chi connectivity index (χ0v) is 32.4. The molecule has 2 atom stereocenters. The number of aromatic hydroxyl groups is 1.